The Kier molecular flexibility index (Phi) is 11.5. The van der Waals surface area contributed by atoms with E-state index < -0.39 is 21.9 Å². The molecule has 0 saturated heterocycles. The first kappa shape index (κ1) is 28.6. The SMILES string of the molecule is C/C=C(\C)c1nc(C(F)(F)F)cn1-c1ccc(S(N)(=O)=O)cc1.C=C(C)CCC.CC. The van der Waals surface area contributed by atoms with Crippen LogP contribution in [0.1, 0.15) is 65.9 Å². The molecular formula is C22H32F3N3O2S. The first-order chi connectivity index (χ1) is 14.3. The molecule has 2 aromatic rings. The van der Waals surface area contributed by atoms with Crippen LogP contribution in [0, 0.1) is 0 Å². The van der Waals surface area contributed by atoms with E-state index in [0.717, 1.165) is 6.20 Å². The maximum absolute atomic E-state index is 12.9. The van der Waals surface area contributed by atoms with Crippen molar-refractivity contribution in [2.45, 2.75) is 65.5 Å². The topological polar surface area (TPSA) is 78.0 Å². The smallest absolute Gasteiger partial charge is 0.299 e. The number of benzene rings is 1. The Morgan fingerprint density at radius 3 is 2.03 bits per heavy atom. The molecule has 0 fully saturated rings. The van der Waals surface area contributed by atoms with Crippen LogP contribution in [0.5, 0.6) is 0 Å². The number of imidazole rings is 1. The van der Waals surface area contributed by atoms with Crippen LogP contribution >= 0.6 is 0 Å². The van der Waals surface area contributed by atoms with Gasteiger partial charge in [0.1, 0.15) is 5.82 Å². The number of hydrogen-bond donors (Lipinski definition) is 1. The highest BCUT2D eigenvalue weighted by atomic mass is 32.2. The summed E-state index contributed by atoms with van der Waals surface area (Å²) in [6.45, 7) is 15.3. The zero-order valence-corrected chi connectivity index (χ0v) is 19.7. The van der Waals surface area contributed by atoms with E-state index in [0.29, 0.717) is 11.3 Å². The lowest BCUT2D eigenvalue weighted by atomic mass is 10.2. The van der Waals surface area contributed by atoms with Gasteiger partial charge in [0.2, 0.25) is 10.0 Å². The minimum atomic E-state index is -4.57. The molecule has 0 radical (unpaired) electrons. The highest BCUT2D eigenvalue weighted by Crippen LogP contribution is 2.31. The van der Waals surface area contributed by atoms with E-state index in [1.165, 1.54) is 47.2 Å². The number of nitrogens with zero attached hydrogens (tertiary/aromatic N) is 2. The van der Waals surface area contributed by atoms with Gasteiger partial charge < -0.3 is 0 Å². The van der Waals surface area contributed by atoms with Crippen molar-refractivity contribution < 1.29 is 21.6 Å². The number of rotatable bonds is 5. The minimum Gasteiger partial charge on any atom is -0.299 e. The molecule has 2 N–H and O–H groups in total. The zero-order valence-electron chi connectivity index (χ0n) is 18.9. The van der Waals surface area contributed by atoms with E-state index in [1.54, 1.807) is 19.9 Å². The van der Waals surface area contributed by atoms with Crippen molar-refractivity contribution in [2.24, 2.45) is 5.14 Å². The van der Waals surface area contributed by atoms with Crippen molar-refractivity contribution in [3.63, 3.8) is 0 Å². The van der Waals surface area contributed by atoms with E-state index in [2.05, 4.69) is 25.4 Å². The Labute approximate surface area is 183 Å². The Morgan fingerprint density at radius 1 is 1.19 bits per heavy atom. The predicted octanol–water partition coefficient (Wildman–Crippen LogP) is 6.35. The molecule has 2 rings (SSSR count). The number of primary sulfonamides is 1. The molecule has 1 aromatic heterocycles. The molecule has 0 saturated carbocycles. The summed E-state index contributed by atoms with van der Waals surface area (Å²) < 4.78 is 62.4. The maximum Gasteiger partial charge on any atom is 0.434 e. The van der Waals surface area contributed by atoms with Gasteiger partial charge in [0.15, 0.2) is 5.69 Å². The van der Waals surface area contributed by atoms with Crippen molar-refractivity contribution >= 4 is 15.6 Å². The molecule has 0 aliphatic rings. The summed E-state index contributed by atoms with van der Waals surface area (Å²) in [4.78, 5) is 3.50. The van der Waals surface area contributed by atoms with Crippen LogP contribution in [-0.2, 0) is 16.2 Å². The number of sulfonamides is 1. The summed E-state index contributed by atoms with van der Waals surface area (Å²) in [5.41, 5.74) is 1.16. The Hall–Kier alpha value is -2.39. The predicted molar refractivity (Wildman–Crippen MR) is 120 cm³/mol. The van der Waals surface area contributed by atoms with Crippen molar-refractivity contribution in [2.75, 3.05) is 0 Å². The number of aromatic nitrogens is 2. The summed E-state index contributed by atoms with van der Waals surface area (Å²) in [5, 5.41) is 5.00. The van der Waals surface area contributed by atoms with Gasteiger partial charge in [-0.3, -0.25) is 4.57 Å². The largest absolute Gasteiger partial charge is 0.434 e. The fourth-order valence-corrected chi connectivity index (χ4v) is 2.86. The van der Waals surface area contributed by atoms with Crippen LogP contribution in [-0.4, -0.2) is 18.0 Å². The van der Waals surface area contributed by atoms with Gasteiger partial charge in [0.25, 0.3) is 0 Å². The standard InChI is InChI=1S/C14H14F3N3O2S.C6H12.C2H6/c1-3-9(2)13-19-12(14(15,16)17)8-20(13)10-4-6-11(7-5-10)23(18,21)22;1-4-5-6(2)3;1-2/h3-8H,1-2H3,(H2,18,21,22);2,4-5H2,1,3H3;1-2H3/b9-3+;;. The lowest BCUT2D eigenvalue weighted by Crippen LogP contribution is -2.12. The number of halogens is 3. The molecule has 0 spiro atoms. The van der Waals surface area contributed by atoms with Crippen LogP contribution in [0.25, 0.3) is 11.3 Å². The van der Waals surface area contributed by atoms with Gasteiger partial charge in [0.05, 0.1) is 4.90 Å². The summed E-state index contributed by atoms with van der Waals surface area (Å²) in [7, 11) is -3.87. The van der Waals surface area contributed by atoms with Crippen LogP contribution in [0.2, 0.25) is 0 Å². The van der Waals surface area contributed by atoms with E-state index in [9.17, 15) is 21.6 Å². The Bertz CT molecular complexity index is 974. The fraction of sp³-hybridized carbons (Fsp3) is 0.409. The van der Waals surface area contributed by atoms with Crippen molar-refractivity contribution in [1.82, 2.24) is 9.55 Å². The van der Waals surface area contributed by atoms with Crippen LogP contribution in [0.4, 0.5) is 13.2 Å². The van der Waals surface area contributed by atoms with Gasteiger partial charge in [-0.2, -0.15) is 13.2 Å². The number of nitrogens with two attached hydrogens (primary N) is 1. The first-order valence-electron chi connectivity index (χ1n) is 9.88. The van der Waals surface area contributed by atoms with Crippen LogP contribution < -0.4 is 5.14 Å². The summed E-state index contributed by atoms with van der Waals surface area (Å²) in [5.74, 6) is 0.128. The quantitative estimate of drug-likeness (QED) is 0.529. The van der Waals surface area contributed by atoms with E-state index >= 15 is 0 Å². The number of allylic oxidation sites excluding steroid dienone is 3. The Balaban J connectivity index is 0.000000970. The second kappa shape index (κ2) is 12.5. The molecular weight excluding hydrogens is 427 g/mol. The van der Waals surface area contributed by atoms with Gasteiger partial charge in [-0.05, 0) is 57.0 Å². The summed E-state index contributed by atoms with van der Waals surface area (Å²) in [6.07, 6.45) is 0.343. The lowest BCUT2D eigenvalue weighted by Gasteiger charge is -2.08. The highest BCUT2D eigenvalue weighted by molar-refractivity contribution is 7.89. The van der Waals surface area contributed by atoms with Crippen molar-refractivity contribution in [3.05, 3.63) is 60.2 Å². The normalized spacial score (nSPS) is 11.7. The first-order valence-corrected chi connectivity index (χ1v) is 11.4. The van der Waals surface area contributed by atoms with E-state index in [-0.39, 0.29) is 10.7 Å². The molecule has 1 heterocycles. The van der Waals surface area contributed by atoms with Gasteiger partial charge in [-0.1, -0.05) is 38.8 Å². The molecule has 174 valence electrons. The molecule has 0 aliphatic carbocycles. The van der Waals surface area contributed by atoms with Crippen molar-refractivity contribution in [1.29, 1.82) is 0 Å². The number of hydrogen-bond acceptors (Lipinski definition) is 3. The zero-order chi connectivity index (χ0) is 24.4. The van der Waals surface area contributed by atoms with Gasteiger partial charge in [-0.15, -0.1) is 6.58 Å². The second-order valence-corrected chi connectivity index (χ2v) is 8.10. The Morgan fingerprint density at radius 2 is 1.71 bits per heavy atom. The molecule has 0 atom stereocenters. The van der Waals surface area contributed by atoms with Gasteiger partial charge in [-0.25, -0.2) is 18.5 Å². The maximum atomic E-state index is 12.9. The van der Waals surface area contributed by atoms with Crippen LogP contribution in [0.3, 0.4) is 0 Å². The average Bonchev–Trinajstić information content (AvgIpc) is 3.15. The van der Waals surface area contributed by atoms with Crippen molar-refractivity contribution in [3.8, 4) is 5.69 Å². The summed E-state index contributed by atoms with van der Waals surface area (Å²) in [6, 6.07) is 5.20. The lowest BCUT2D eigenvalue weighted by molar-refractivity contribution is -0.140. The molecule has 0 bridgehead atoms. The molecule has 0 unspecified atom stereocenters. The second-order valence-electron chi connectivity index (χ2n) is 6.54. The minimum absolute atomic E-state index is 0.123. The monoisotopic (exact) mass is 459 g/mol. The van der Waals surface area contributed by atoms with Gasteiger partial charge >= 0.3 is 6.18 Å². The molecule has 0 amide bonds. The summed E-state index contributed by atoms with van der Waals surface area (Å²) >= 11 is 0. The fourth-order valence-electron chi connectivity index (χ4n) is 2.34. The third-order valence-electron chi connectivity index (χ3n) is 3.90. The average molecular weight is 460 g/mol. The van der Waals surface area contributed by atoms with Gasteiger partial charge in [0, 0.05) is 11.9 Å². The number of alkyl halides is 3. The molecule has 1 aromatic carbocycles. The van der Waals surface area contributed by atoms with E-state index in [1.807, 2.05) is 13.8 Å². The molecule has 9 heteroatoms. The third kappa shape index (κ3) is 9.10. The third-order valence-corrected chi connectivity index (χ3v) is 4.83. The molecule has 0 aliphatic heterocycles. The molecule has 31 heavy (non-hydrogen) atoms. The van der Waals surface area contributed by atoms with E-state index in [4.69, 9.17) is 5.14 Å². The van der Waals surface area contributed by atoms with Crippen LogP contribution in [0.15, 0.2) is 53.6 Å². The molecule has 5 nitrogen and oxygen atoms in total. The highest BCUT2D eigenvalue weighted by Gasteiger charge is 2.35.